The molecule has 0 radical (unpaired) electrons. The number of amides is 3. The van der Waals surface area contributed by atoms with Crippen LogP contribution < -0.4 is 19.5 Å². The Hall–Kier alpha value is -4.34. The van der Waals surface area contributed by atoms with Gasteiger partial charge in [-0.1, -0.05) is 12.1 Å². The van der Waals surface area contributed by atoms with Crippen molar-refractivity contribution in [2.24, 2.45) is 5.92 Å². The standard InChI is InChI=1S/C35H49N5O9S/c1-22-19-40(23(2)21-41)34(42)30-18-27(38-50(44,45)29-14-12-28(46-7)13-15-29)11-16-31(30)48-24(3)10-8-9-17-47-32(22)20-39(6)35(43)36-33-25(4)37-49-26(33)5/h11-16,18,22-24,32,38,41H,8-10,17,19-21H2,1-7H3,(H,36,43)/t22-,23-,24-,32-/m1/s1. The van der Waals surface area contributed by atoms with Crippen LogP contribution in [0.5, 0.6) is 11.5 Å². The van der Waals surface area contributed by atoms with Crippen LogP contribution >= 0.6 is 0 Å². The molecule has 1 aliphatic rings. The van der Waals surface area contributed by atoms with E-state index in [1.807, 2.05) is 13.8 Å². The number of hydrogen-bond acceptors (Lipinski definition) is 10. The second kappa shape index (κ2) is 17.1. The molecular weight excluding hydrogens is 666 g/mol. The number of urea groups is 1. The highest BCUT2D eigenvalue weighted by Gasteiger charge is 2.31. The largest absolute Gasteiger partial charge is 0.497 e. The minimum atomic E-state index is -4.01. The van der Waals surface area contributed by atoms with Crippen molar-refractivity contribution in [2.75, 3.05) is 50.5 Å². The lowest BCUT2D eigenvalue weighted by molar-refractivity contribution is -0.0115. The minimum absolute atomic E-state index is 0.0235. The predicted octanol–water partition coefficient (Wildman–Crippen LogP) is 5.06. The summed E-state index contributed by atoms with van der Waals surface area (Å²) >= 11 is 0. The van der Waals surface area contributed by atoms with E-state index in [-0.39, 0.29) is 53.9 Å². The number of nitrogens with one attached hydrogen (secondary N) is 2. The third-order valence-corrected chi connectivity index (χ3v) is 10.1. The second-order valence-corrected chi connectivity index (χ2v) is 14.5. The zero-order valence-electron chi connectivity index (χ0n) is 29.8. The van der Waals surface area contributed by atoms with Crippen LogP contribution in [0.25, 0.3) is 0 Å². The summed E-state index contributed by atoms with van der Waals surface area (Å²) in [4.78, 5) is 30.7. The highest BCUT2D eigenvalue weighted by atomic mass is 32.2. The normalized spacial score (nSPS) is 19.8. The molecule has 3 N–H and O–H groups in total. The number of aliphatic hydroxyl groups excluding tert-OH is 1. The van der Waals surface area contributed by atoms with E-state index in [4.69, 9.17) is 18.7 Å². The molecule has 274 valence electrons. The number of sulfonamides is 1. The maximum Gasteiger partial charge on any atom is 0.321 e. The van der Waals surface area contributed by atoms with Gasteiger partial charge in [-0.25, -0.2) is 13.2 Å². The average Bonchev–Trinajstić information content (AvgIpc) is 3.41. The van der Waals surface area contributed by atoms with E-state index in [9.17, 15) is 23.1 Å². The van der Waals surface area contributed by atoms with Crippen LogP contribution in [-0.4, -0.2) is 99.1 Å². The minimum Gasteiger partial charge on any atom is -0.497 e. The summed E-state index contributed by atoms with van der Waals surface area (Å²) in [7, 11) is -0.849. The number of carbonyl (C=O) groups excluding carboxylic acids is 2. The lowest BCUT2D eigenvalue weighted by Crippen LogP contribution is -2.48. The first-order valence-corrected chi connectivity index (χ1v) is 18.2. The van der Waals surface area contributed by atoms with Crippen LogP contribution in [0.15, 0.2) is 51.9 Å². The maximum absolute atomic E-state index is 14.4. The fraction of sp³-hybridized carbons (Fsp3) is 0.514. The smallest absolute Gasteiger partial charge is 0.321 e. The predicted molar refractivity (Wildman–Crippen MR) is 188 cm³/mol. The van der Waals surface area contributed by atoms with Gasteiger partial charge in [0.15, 0.2) is 5.76 Å². The topological polar surface area (TPSA) is 173 Å². The summed E-state index contributed by atoms with van der Waals surface area (Å²) in [6.07, 6.45) is 1.50. The first-order valence-electron chi connectivity index (χ1n) is 16.7. The molecule has 0 spiro atoms. The van der Waals surface area contributed by atoms with E-state index in [0.29, 0.717) is 41.7 Å². The number of benzene rings is 2. The zero-order valence-corrected chi connectivity index (χ0v) is 30.6. The van der Waals surface area contributed by atoms with Crippen molar-refractivity contribution in [3.63, 3.8) is 0 Å². The van der Waals surface area contributed by atoms with E-state index in [1.165, 1.54) is 35.1 Å². The van der Waals surface area contributed by atoms with Gasteiger partial charge < -0.3 is 39.0 Å². The van der Waals surface area contributed by atoms with Crippen LogP contribution in [0.4, 0.5) is 16.2 Å². The van der Waals surface area contributed by atoms with Crippen molar-refractivity contribution < 1.29 is 41.8 Å². The molecule has 1 aliphatic heterocycles. The molecule has 15 heteroatoms. The molecule has 0 aliphatic carbocycles. The third-order valence-electron chi connectivity index (χ3n) is 8.74. The number of aryl methyl sites for hydroxylation is 2. The lowest BCUT2D eigenvalue weighted by Gasteiger charge is -2.35. The number of methoxy groups -OCH3 is 1. The molecular formula is C35H49N5O9S. The monoisotopic (exact) mass is 715 g/mol. The van der Waals surface area contributed by atoms with Crippen molar-refractivity contribution in [1.29, 1.82) is 0 Å². The Balaban J connectivity index is 1.63. The van der Waals surface area contributed by atoms with Crippen molar-refractivity contribution in [2.45, 2.75) is 77.0 Å². The lowest BCUT2D eigenvalue weighted by atomic mass is 10.0. The van der Waals surface area contributed by atoms with Crippen LogP contribution in [-0.2, 0) is 14.8 Å². The summed E-state index contributed by atoms with van der Waals surface area (Å²) < 4.78 is 52.0. The van der Waals surface area contributed by atoms with Crippen molar-refractivity contribution in [3.05, 3.63) is 59.5 Å². The van der Waals surface area contributed by atoms with Crippen molar-refractivity contribution in [3.8, 4) is 11.5 Å². The number of aromatic nitrogens is 1. The molecule has 0 saturated carbocycles. The molecule has 3 amide bonds. The Morgan fingerprint density at radius 2 is 1.88 bits per heavy atom. The van der Waals surface area contributed by atoms with Gasteiger partial charge in [0.05, 0.1) is 42.4 Å². The summed E-state index contributed by atoms with van der Waals surface area (Å²) in [5.41, 5.74) is 1.39. The SMILES string of the molecule is COc1ccc(S(=O)(=O)Nc2ccc3c(c2)C(=O)N([C@H](C)CO)C[C@@H](C)[C@@H](CN(C)C(=O)Nc2c(C)noc2C)OCCCC[C@@H](C)O3)cc1. The van der Waals surface area contributed by atoms with Gasteiger partial charge >= 0.3 is 6.03 Å². The number of aliphatic hydroxyl groups is 1. The van der Waals surface area contributed by atoms with Gasteiger partial charge in [0.2, 0.25) is 0 Å². The van der Waals surface area contributed by atoms with Crippen LogP contribution in [0, 0.1) is 19.8 Å². The Morgan fingerprint density at radius 1 is 1.16 bits per heavy atom. The molecule has 2 heterocycles. The molecule has 0 bridgehead atoms. The molecule has 4 rings (SSSR count). The maximum atomic E-state index is 14.4. The van der Waals surface area contributed by atoms with Gasteiger partial charge in [-0.3, -0.25) is 9.52 Å². The van der Waals surface area contributed by atoms with Gasteiger partial charge in [-0.2, -0.15) is 0 Å². The number of ether oxygens (including phenoxy) is 3. The van der Waals surface area contributed by atoms with Gasteiger partial charge in [-0.05, 0) is 89.4 Å². The zero-order chi connectivity index (χ0) is 36.6. The number of nitrogens with zero attached hydrogens (tertiary/aromatic N) is 3. The summed E-state index contributed by atoms with van der Waals surface area (Å²) in [6, 6.07) is 9.58. The van der Waals surface area contributed by atoms with E-state index in [2.05, 4.69) is 15.2 Å². The number of hydrogen-bond donors (Lipinski definition) is 3. The highest BCUT2D eigenvalue weighted by Crippen LogP contribution is 2.30. The van der Waals surface area contributed by atoms with Gasteiger partial charge in [0.25, 0.3) is 15.9 Å². The third kappa shape index (κ3) is 9.67. The number of fused-ring (bicyclic) bond motifs is 1. The average molecular weight is 716 g/mol. The van der Waals surface area contributed by atoms with E-state index in [0.717, 1.165) is 12.8 Å². The summed E-state index contributed by atoms with van der Waals surface area (Å²) in [6.45, 7) is 9.54. The molecule has 4 atom stereocenters. The number of carbonyl (C=O) groups is 2. The Kier molecular flexibility index (Phi) is 13.1. The number of rotatable bonds is 9. The van der Waals surface area contributed by atoms with Crippen LogP contribution in [0.1, 0.15) is 61.8 Å². The Labute approximate surface area is 294 Å². The second-order valence-electron chi connectivity index (χ2n) is 12.8. The molecule has 14 nitrogen and oxygen atoms in total. The van der Waals surface area contributed by atoms with Crippen molar-refractivity contribution >= 4 is 33.3 Å². The van der Waals surface area contributed by atoms with Crippen molar-refractivity contribution in [1.82, 2.24) is 15.0 Å². The molecule has 2 aromatic carbocycles. The summed E-state index contributed by atoms with van der Waals surface area (Å²) in [5, 5.41) is 17.0. The first kappa shape index (κ1) is 38.5. The van der Waals surface area contributed by atoms with E-state index in [1.54, 1.807) is 52.1 Å². The quantitative estimate of drug-likeness (QED) is 0.272. The fourth-order valence-corrected chi connectivity index (χ4v) is 6.68. The number of anilines is 2. The van der Waals surface area contributed by atoms with Gasteiger partial charge in [0, 0.05) is 38.3 Å². The van der Waals surface area contributed by atoms with E-state index >= 15 is 0 Å². The molecule has 0 saturated heterocycles. The van der Waals surface area contributed by atoms with Gasteiger partial charge in [0.1, 0.15) is 22.9 Å². The van der Waals surface area contributed by atoms with Crippen LogP contribution in [0.2, 0.25) is 0 Å². The molecule has 50 heavy (non-hydrogen) atoms. The first-order chi connectivity index (χ1) is 23.7. The summed E-state index contributed by atoms with van der Waals surface area (Å²) in [5.74, 6) is 0.572. The fourth-order valence-electron chi connectivity index (χ4n) is 5.63. The molecule has 3 aromatic rings. The van der Waals surface area contributed by atoms with Gasteiger partial charge in [-0.15, -0.1) is 0 Å². The Morgan fingerprint density at radius 3 is 2.52 bits per heavy atom. The van der Waals surface area contributed by atoms with E-state index < -0.39 is 28.1 Å². The molecule has 1 aromatic heterocycles. The molecule has 0 fully saturated rings. The highest BCUT2D eigenvalue weighted by molar-refractivity contribution is 7.92. The molecule has 0 unspecified atom stereocenters. The Bertz CT molecular complexity index is 1690. The number of likely N-dealkylation sites (N-methyl/N-ethyl adjacent to an activating group) is 1. The van der Waals surface area contributed by atoms with Crippen LogP contribution in [0.3, 0.4) is 0 Å².